The van der Waals surface area contributed by atoms with Crippen LogP contribution >= 0.6 is 0 Å². The van der Waals surface area contributed by atoms with Gasteiger partial charge in [-0.05, 0) is 23.8 Å². The van der Waals surface area contributed by atoms with Crippen LogP contribution in [0, 0.1) is 0 Å². The van der Waals surface area contributed by atoms with E-state index in [0.29, 0.717) is 17.2 Å². The quantitative estimate of drug-likeness (QED) is 0.387. The van der Waals surface area contributed by atoms with Crippen LogP contribution in [0.3, 0.4) is 0 Å². The molecule has 8 heteroatoms. The zero-order valence-electron chi connectivity index (χ0n) is 18.8. The van der Waals surface area contributed by atoms with Crippen molar-refractivity contribution in [2.45, 2.75) is 0 Å². The fourth-order valence-corrected chi connectivity index (χ4v) is 3.89. The zero-order valence-corrected chi connectivity index (χ0v) is 18.8. The third-order valence-corrected chi connectivity index (χ3v) is 5.54. The molecule has 2 aromatic carbocycles. The molecule has 33 heavy (non-hydrogen) atoms. The standard InChI is InChI=1S/C25H23N5O3/c1-29-15-19(14-27-29)16-5-7-17(8-6-16)20-13-24-26-10-9-21(30(24)28-20)18-11-22(31-2)25(33-4)23(12-18)32-3/h5-15H,1-4H3. The van der Waals surface area contributed by atoms with E-state index >= 15 is 0 Å². The van der Waals surface area contributed by atoms with Crippen LogP contribution in [0.4, 0.5) is 0 Å². The first kappa shape index (κ1) is 20.6. The first-order chi connectivity index (χ1) is 16.1. The Morgan fingerprint density at radius 1 is 0.758 bits per heavy atom. The van der Waals surface area contributed by atoms with Gasteiger partial charge < -0.3 is 14.2 Å². The molecule has 3 heterocycles. The zero-order chi connectivity index (χ0) is 22.9. The third kappa shape index (κ3) is 3.65. The predicted octanol–water partition coefficient (Wildman–Crippen LogP) is 4.49. The number of ether oxygens (including phenoxy) is 3. The van der Waals surface area contributed by atoms with E-state index in [9.17, 15) is 0 Å². The van der Waals surface area contributed by atoms with E-state index in [1.807, 2.05) is 48.2 Å². The molecule has 0 radical (unpaired) electrons. The number of hydrogen-bond acceptors (Lipinski definition) is 6. The number of benzene rings is 2. The van der Waals surface area contributed by atoms with Gasteiger partial charge in [0.25, 0.3) is 0 Å². The summed E-state index contributed by atoms with van der Waals surface area (Å²) in [5.74, 6) is 1.70. The minimum absolute atomic E-state index is 0.545. The summed E-state index contributed by atoms with van der Waals surface area (Å²) in [5, 5.41) is 9.09. The molecule has 0 N–H and O–H groups in total. The van der Waals surface area contributed by atoms with Gasteiger partial charge in [-0.1, -0.05) is 24.3 Å². The summed E-state index contributed by atoms with van der Waals surface area (Å²) in [7, 11) is 6.70. The van der Waals surface area contributed by atoms with E-state index in [1.165, 1.54) is 0 Å². The van der Waals surface area contributed by atoms with Crippen LogP contribution in [0.5, 0.6) is 17.2 Å². The molecule has 0 aliphatic rings. The Bertz CT molecular complexity index is 1410. The highest BCUT2D eigenvalue weighted by atomic mass is 16.5. The fraction of sp³-hybridized carbons (Fsp3) is 0.160. The summed E-state index contributed by atoms with van der Waals surface area (Å²) in [4.78, 5) is 4.50. The van der Waals surface area contributed by atoms with Gasteiger partial charge in [0.15, 0.2) is 17.1 Å². The average Bonchev–Trinajstić information content (AvgIpc) is 3.49. The SMILES string of the molecule is COc1cc(-c2ccnc3cc(-c4ccc(-c5cnn(C)c5)cc4)nn23)cc(OC)c1OC. The molecule has 0 fully saturated rings. The maximum absolute atomic E-state index is 5.52. The lowest BCUT2D eigenvalue weighted by atomic mass is 10.1. The largest absolute Gasteiger partial charge is 0.493 e. The Morgan fingerprint density at radius 3 is 2.06 bits per heavy atom. The van der Waals surface area contributed by atoms with Gasteiger partial charge in [0.1, 0.15) is 0 Å². The molecule has 0 saturated heterocycles. The summed E-state index contributed by atoms with van der Waals surface area (Å²) in [6, 6.07) is 16.0. The van der Waals surface area contributed by atoms with Crippen LogP contribution in [0.25, 0.3) is 39.3 Å². The molecule has 0 bridgehead atoms. The lowest BCUT2D eigenvalue weighted by Gasteiger charge is -2.14. The van der Waals surface area contributed by atoms with Crippen LogP contribution in [0.1, 0.15) is 0 Å². The van der Waals surface area contributed by atoms with Crippen molar-refractivity contribution in [3.63, 3.8) is 0 Å². The van der Waals surface area contributed by atoms with Crippen molar-refractivity contribution in [2.24, 2.45) is 7.05 Å². The van der Waals surface area contributed by atoms with Gasteiger partial charge >= 0.3 is 0 Å². The summed E-state index contributed by atoms with van der Waals surface area (Å²) in [5.41, 5.74) is 6.49. The molecule has 0 spiro atoms. The molecule has 0 unspecified atom stereocenters. The van der Waals surface area contributed by atoms with Gasteiger partial charge in [0, 0.05) is 42.2 Å². The molecule has 166 valence electrons. The molecule has 0 amide bonds. The second-order valence-electron chi connectivity index (χ2n) is 7.52. The molecule has 8 nitrogen and oxygen atoms in total. The summed E-state index contributed by atoms with van der Waals surface area (Å²) >= 11 is 0. The predicted molar refractivity (Wildman–Crippen MR) is 126 cm³/mol. The number of aromatic nitrogens is 5. The Labute approximate surface area is 191 Å². The number of hydrogen-bond donors (Lipinski definition) is 0. The average molecular weight is 441 g/mol. The second kappa shape index (κ2) is 8.31. The van der Waals surface area contributed by atoms with E-state index in [2.05, 4.69) is 34.3 Å². The Balaban J connectivity index is 1.57. The van der Waals surface area contributed by atoms with Crippen LogP contribution in [0.15, 0.2) is 67.1 Å². The number of methoxy groups -OCH3 is 3. The van der Waals surface area contributed by atoms with Crippen molar-refractivity contribution in [3.05, 3.63) is 67.1 Å². The Kier molecular flexibility index (Phi) is 5.18. The van der Waals surface area contributed by atoms with Crippen molar-refractivity contribution in [3.8, 4) is 50.9 Å². The van der Waals surface area contributed by atoms with Gasteiger partial charge in [-0.15, -0.1) is 0 Å². The molecular formula is C25H23N5O3. The van der Waals surface area contributed by atoms with E-state index in [1.54, 1.807) is 32.2 Å². The van der Waals surface area contributed by atoms with Crippen LogP contribution in [-0.2, 0) is 7.05 Å². The maximum Gasteiger partial charge on any atom is 0.203 e. The van der Waals surface area contributed by atoms with E-state index in [0.717, 1.165) is 39.3 Å². The molecule has 5 rings (SSSR count). The van der Waals surface area contributed by atoms with Gasteiger partial charge in [-0.3, -0.25) is 4.68 Å². The molecule has 0 aliphatic carbocycles. The number of fused-ring (bicyclic) bond motifs is 1. The second-order valence-corrected chi connectivity index (χ2v) is 7.52. The minimum Gasteiger partial charge on any atom is -0.493 e. The molecule has 0 atom stereocenters. The Hall–Kier alpha value is -4.33. The monoisotopic (exact) mass is 441 g/mol. The van der Waals surface area contributed by atoms with Gasteiger partial charge in [-0.25, -0.2) is 9.50 Å². The van der Waals surface area contributed by atoms with E-state index < -0.39 is 0 Å². The molecule has 0 saturated carbocycles. The minimum atomic E-state index is 0.545. The lowest BCUT2D eigenvalue weighted by molar-refractivity contribution is 0.324. The van der Waals surface area contributed by atoms with Gasteiger partial charge in [-0.2, -0.15) is 10.2 Å². The molecule has 0 aliphatic heterocycles. The highest BCUT2D eigenvalue weighted by Crippen LogP contribution is 2.41. The number of rotatable bonds is 6. The van der Waals surface area contributed by atoms with Crippen LogP contribution < -0.4 is 14.2 Å². The van der Waals surface area contributed by atoms with Crippen molar-refractivity contribution in [1.82, 2.24) is 24.4 Å². The molecular weight excluding hydrogens is 418 g/mol. The lowest BCUT2D eigenvalue weighted by Crippen LogP contribution is -1.99. The maximum atomic E-state index is 5.52. The van der Waals surface area contributed by atoms with Gasteiger partial charge in [0.05, 0.1) is 38.9 Å². The molecule has 5 aromatic rings. The first-order valence-corrected chi connectivity index (χ1v) is 10.4. The summed E-state index contributed by atoms with van der Waals surface area (Å²) in [6.07, 6.45) is 5.62. The van der Waals surface area contributed by atoms with Crippen LogP contribution in [-0.4, -0.2) is 45.7 Å². The summed E-state index contributed by atoms with van der Waals surface area (Å²) in [6.45, 7) is 0. The third-order valence-electron chi connectivity index (χ3n) is 5.54. The summed E-state index contributed by atoms with van der Waals surface area (Å²) < 4.78 is 20.1. The van der Waals surface area contributed by atoms with E-state index in [-0.39, 0.29) is 0 Å². The fourth-order valence-electron chi connectivity index (χ4n) is 3.89. The van der Waals surface area contributed by atoms with Crippen molar-refractivity contribution in [2.75, 3.05) is 21.3 Å². The normalized spacial score (nSPS) is 11.0. The van der Waals surface area contributed by atoms with Crippen LogP contribution in [0.2, 0.25) is 0 Å². The van der Waals surface area contributed by atoms with Crippen molar-refractivity contribution in [1.29, 1.82) is 0 Å². The topological polar surface area (TPSA) is 75.7 Å². The molecule has 3 aromatic heterocycles. The van der Waals surface area contributed by atoms with E-state index in [4.69, 9.17) is 19.3 Å². The number of nitrogens with zero attached hydrogens (tertiary/aromatic N) is 5. The smallest absolute Gasteiger partial charge is 0.203 e. The Morgan fingerprint density at radius 2 is 1.45 bits per heavy atom. The number of aryl methyl sites for hydroxylation is 1. The van der Waals surface area contributed by atoms with Crippen molar-refractivity contribution >= 4 is 5.65 Å². The van der Waals surface area contributed by atoms with Crippen molar-refractivity contribution < 1.29 is 14.2 Å². The first-order valence-electron chi connectivity index (χ1n) is 10.4. The van der Waals surface area contributed by atoms with Gasteiger partial charge in [0.2, 0.25) is 5.75 Å². The highest BCUT2D eigenvalue weighted by Gasteiger charge is 2.17. The highest BCUT2D eigenvalue weighted by molar-refractivity contribution is 5.73.